The van der Waals surface area contributed by atoms with Crippen molar-refractivity contribution < 1.29 is 23.7 Å². The van der Waals surface area contributed by atoms with Crippen LogP contribution in [0.3, 0.4) is 0 Å². The zero-order chi connectivity index (χ0) is 19.4. The van der Waals surface area contributed by atoms with Crippen LogP contribution in [0, 0.1) is 17.8 Å². The van der Waals surface area contributed by atoms with Gasteiger partial charge in [0.05, 0.1) is 36.2 Å². The van der Waals surface area contributed by atoms with Gasteiger partial charge in [-0.2, -0.15) is 0 Å². The Kier molecular flexibility index (Phi) is 3.19. The van der Waals surface area contributed by atoms with Crippen molar-refractivity contribution in [3.05, 3.63) is 35.0 Å². The van der Waals surface area contributed by atoms with Crippen molar-refractivity contribution in [3.8, 4) is 0 Å². The lowest BCUT2D eigenvalue weighted by Crippen LogP contribution is -2.60. The first kappa shape index (κ1) is 17.1. The number of esters is 1. The smallest absolute Gasteiger partial charge is 0.343 e. The van der Waals surface area contributed by atoms with E-state index < -0.39 is 5.79 Å². The molecule has 150 valence electrons. The van der Waals surface area contributed by atoms with Crippen molar-refractivity contribution in [2.75, 3.05) is 13.7 Å². The lowest BCUT2D eigenvalue weighted by molar-refractivity contribution is -0.255. The number of fused-ring (bicyclic) bond motifs is 1. The van der Waals surface area contributed by atoms with E-state index in [1.165, 1.54) is 0 Å². The maximum atomic E-state index is 12.2. The van der Waals surface area contributed by atoms with E-state index in [2.05, 4.69) is 30.9 Å². The van der Waals surface area contributed by atoms with Gasteiger partial charge in [-0.25, -0.2) is 4.79 Å². The number of nitrogens with zero attached hydrogens (tertiary/aromatic N) is 1. The quantitative estimate of drug-likeness (QED) is 0.550. The molecule has 6 heteroatoms. The van der Waals surface area contributed by atoms with Crippen molar-refractivity contribution in [1.82, 2.24) is 4.90 Å². The predicted molar refractivity (Wildman–Crippen MR) is 99.6 cm³/mol. The number of piperidine rings is 1. The largest absolute Gasteiger partial charge is 0.492 e. The fraction of sp³-hybridized carbons (Fsp3) is 0.682. The summed E-state index contributed by atoms with van der Waals surface area (Å²) in [7, 11) is 1.57. The molecule has 8 atom stereocenters. The van der Waals surface area contributed by atoms with E-state index in [0.29, 0.717) is 29.1 Å². The van der Waals surface area contributed by atoms with Gasteiger partial charge >= 0.3 is 5.97 Å². The Morgan fingerprint density at radius 2 is 2.21 bits per heavy atom. The monoisotopic (exact) mass is 385 g/mol. The molecule has 0 aromatic carbocycles. The minimum absolute atomic E-state index is 0.0286. The third-order valence-electron chi connectivity index (χ3n) is 8.10. The van der Waals surface area contributed by atoms with Crippen LogP contribution in [0.15, 0.2) is 35.0 Å². The van der Waals surface area contributed by atoms with Crippen LogP contribution in [0.1, 0.15) is 40.0 Å². The van der Waals surface area contributed by atoms with Crippen LogP contribution in [0.2, 0.25) is 0 Å². The topological polar surface area (TPSA) is 57.2 Å². The second kappa shape index (κ2) is 5.22. The summed E-state index contributed by atoms with van der Waals surface area (Å²) in [6, 6.07) is 0.445. The molecule has 5 saturated heterocycles. The summed E-state index contributed by atoms with van der Waals surface area (Å²) in [6.45, 7) is 7.21. The second-order valence-electron chi connectivity index (χ2n) is 9.02. The molecule has 6 aliphatic heterocycles. The standard InChI is InChI=1S/C22H27NO5/c1-5-6-8-21-14-7-9-23(21)13-10-15(21)27-22(14)16(13)11(2)18(28-22)19-17(25-4)12(3)20(24)26-19/h6,8,11,13-16H,5,7,9-10H2,1-4H3/b8-6+,19-18-/t11-,13+,14+,15-,16+,21-,22+/m1/s1. The molecule has 6 nitrogen and oxygen atoms in total. The zero-order valence-electron chi connectivity index (χ0n) is 16.9. The summed E-state index contributed by atoms with van der Waals surface area (Å²) in [6.07, 6.45) is 8.04. The van der Waals surface area contributed by atoms with E-state index in [-0.39, 0.29) is 29.4 Å². The van der Waals surface area contributed by atoms with Gasteiger partial charge in [0.2, 0.25) is 11.5 Å². The van der Waals surface area contributed by atoms with E-state index in [9.17, 15) is 4.79 Å². The zero-order valence-corrected chi connectivity index (χ0v) is 16.9. The lowest BCUT2D eigenvalue weighted by atomic mass is 9.71. The van der Waals surface area contributed by atoms with Crippen LogP contribution in [0.4, 0.5) is 0 Å². The van der Waals surface area contributed by atoms with Crippen LogP contribution in [-0.4, -0.2) is 48.0 Å². The summed E-state index contributed by atoms with van der Waals surface area (Å²) < 4.78 is 24.5. The maximum absolute atomic E-state index is 12.2. The summed E-state index contributed by atoms with van der Waals surface area (Å²) in [4.78, 5) is 14.9. The Morgan fingerprint density at radius 1 is 1.39 bits per heavy atom. The van der Waals surface area contributed by atoms with Crippen LogP contribution in [-0.2, 0) is 23.7 Å². The molecular formula is C22H27NO5. The van der Waals surface area contributed by atoms with Gasteiger partial charge in [-0.15, -0.1) is 0 Å². The fourth-order valence-electron chi connectivity index (χ4n) is 7.22. The summed E-state index contributed by atoms with van der Waals surface area (Å²) >= 11 is 0. The highest BCUT2D eigenvalue weighted by atomic mass is 16.7. The minimum Gasteiger partial charge on any atom is -0.492 e. The van der Waals surface area contributed by atoms with Crippen LogP contribution >= 0.6 is 0 Å². The molecule has 0 aromatic heterocycles. The van der Waals surface area contributed by atoms with E-state index in [4.69, 9.17) is 18.9 Å². The average molecular weight is 385 g/mol. The molecule has 1 spiro atoms. The Morgan fingerprint density at radius 3 is 2.96 bits per heavy atom. The Bertz CT molecular complexity index is 874. The number of methoxy groups -OCH3 is 1. The van der Waals surface area contributed by atoms with Gasteiger partial charge in [-0.1, -0.05) is 26.0 Å². The third-order valence-corrected chi connectivity index (χ3v) is 8.10. The molecule has 5 bridgehead atoms. The first-order valence-corrected chi connectivity index (χ1v) is 10.5. The first-order chi connectivity index (χ1) is 13.5. The number of carbonyl (C=O) groups is 1. The maximum Gasteiger partial charge on any atom is 0.343 e. The molecule has 6 heterocycles. The van der Waals surface area contributed by atoms with Gasteiger partial charge < -0.3 is 18.9 Å². The first-order valence-electron chi connectivity index (χ1n) is 10.5. The highest BCUT2D eigenvalue weighted by Gasteiger charge is 2.83. The van der Waals surface area contributed by atoms with Crippen molar-refractivity contribution >= 4 is 5.97 Å². The van der Waals surface area contributed by atoms with Gasteiger partial charge in [0.25, 0.3) is 0 Å². The van der Waals surface area contributed by atoms with E-state index in [0.717, 1.165) is 31.6 Å². The molecule has 0 radical (unpaired) electrons. The van der Waals surface area contributed by atoms with Gasteiger partial charge in [-0.3, -0.25) is 4.90 Å². The number of cyclic esters (lactones) is 1. The normalized spacial score (nSPS) is 52.8. The minimum atomic E-state index is -0.609. The Labute approximate surface area is 165 Å². The number of carbonyl (C=O) groups excluding carboxylic acids is 1. The van der Waals surface area contributed by atoms with Crippen LogP contribution in [0.25, 0.3) is 0 Å². The number of allylic oxidation sites excluding steroid dienone is 2. The van der Waals surface area contributed by atoms with Crippen LogP contribution < -0.4 is 0 Å². The number of rotatable bonds is 3. The molecule has 0 amide bonds. The molecule has 1 unspecified atom stereocenters. The van der Waals surface area contributed by atoms with Gasteiger partial charge in [0, 0.05) is 18.5 Å². The van der Waals surface area contributed by atoms with E-state index in [1.54, 1.807) is 14.0 Å². The molecule has 0 aromatic rings. The summed E-state index contributed by atoms with van der Waals surface area (Å²) in [5, 5.41) is 0. The summed E-state index contributed by atoms with van der Waals surface area (Å²) in [5.74, 6) is 1.38. The lowest BCUT2D eigenvalue weighted by Gasteiger charge is -2.47. The van der Waals surface area contributed by atoms with Gasteiger partial charge in [-0.05, 0) is 26.2 Å². The Balaban J connectivity index is 1.49. The Hall–Kier alpha value is -1.79. The molecule has 28 heavy (non-hydrogen) atoms. The van der Waals surface area contributed by atoms with Crippen molar-refractivity contribution in [1.29, 1.82) is 0 Å². The van der Waals surface area contributed by atoms with Crippen molar-refractivity contribution in [2.24, 2.45) is 17.8 Å². The highest BCUT2D eigenvalue weighted by Crippen LogP contribution is 2.72. The molecular weight excluding hydrogens is 358 g/mol. The predicted octanol–water partition coefficient (Wildman–Crippen LogP) is 2.87. The van der Waals surface area contributed by atoms with E-state index in [1.807, 2.05) is 0 Å². The van der Waals surface area contributed by atoms with E-state index >= 15 is 0 Å². The van der Waals surface area contributed by atoms with Gasteiger partial charge in [0.1, 0.15) is 5.76 Å². The molecule has 6 rings (SSSR count). The van der Waals surface area contributed by atoms with Crippen molar-refractivity contribution in [3.63, 3.8) is 0 Å². The molecule has 5 fully saturated rings. The molecule has 6 aliphatic rings. The number of hydrogen-bond donors (Lipinski definition) is 0. The average Bonchev–Trinajstić information content (AvgIpc) is 3.38. The van der Waals surface area contributed by atoms with Crippen molar-refractivity contribution in [2.45, 2.75) is 63.5 Å². The molecule has 0 N–H and O–H groups in total. The van der Waals surface area contributed by atoms with Crippen LogP contribution in [0.5, 0.6) is 0 Å². The number of ether oxygens (including phenoxy) is 4. The summed E-state index contributed by atoms with van der Waals surface area (Å²) in [5.41, 5.74) is 0.467. The molecule has 0 saturated carbocycles. The fourth-order valence-corrected chi connectivity index (χ4v) is 7.22. The SMILES string of the molecule is CC/C=C/[C@]12[C@@H]3CCN1[C@H]1C[C@H]2O[C@]32O/C(=C3\OC(=O)C(C)=C3OC)[C@H](C)[C@@H]12. The van der Waals surface area contributed by atoms with Gasteiger partial charge in [0.15, 0.2) is 5.76 Å². The highest BCUT2D eigenvalue weighted by molar-refractivity contribution is 5.93. The number of hydrogen-bond acceptors (Lipinski definition) is 6. The third kappa shape index (κ3) is 1.60. The second-order valence-corrected chi connectivity index (χ2v) is 9.02. The molecule has 0 aliphatic carbocycles.